The zero-order valence-corrected chi connectivity index (χ0v) is 9.31. The highest BCUT2D eigenvalue weighted by atomic mass is 19.1. The summed E-state index contributed by atoms with van der Waals surface area (Å²) >= 11 is 0. The fourth-order valence-corrected chi connectivity index (χ4v) is 1.02. The number of hydrogen-bond donors (Lipinski definition) is 0. The number of carbonyl (C=O) groups excluding carboxylic acids is 2. The Kier molecular flexibility index (Phi) is 5.13. The zero-order valence-electron chi connectivity index (χ0n) is 9.31. The molecule has 0 aliphatic carbocycles. The van der Waals surface area contributed by atoms with E-state index in [1.54, 1.807) is 6.92 Å². The Morgan fingerprint density at radius 2 is 1.94 bits per heavy atom. The van der Waals surface area contributed by atoms with E-state index in [1.807, 2.05) is 0 Å². The minimum atomic E-state index is -0.788. The fraction of sp³-hybridized carbons (Fsp3) is 0.250. The summed E-state index contributed by atoms with van der Waals surface area (Å²) in [6.45, 7) is 1.36. The third-order valence-electron chi connectivity index (χ3n) is 1.76. The van der Waals surface area contributed by atoms with E-state index in [0.717, 1.165) is 0 Å². The maximum absolute atomic E-state index is 12.5. The van der Waals surface area contributed by atoms with Gasteiger partial charge >= 0.3 is 11.9 Å². The van der Waals surface area contributed by atoms with Crippen LogP contribution in [0.2, 0.25) is 0 Å². The molecule has 0 aromatic heterocycles. The van der Waals surface area contributed by atoms with Gasteiger partial charge in [-0.2, -0.15) is 0 Å². The van der Waals surface area contributed by atoms with Gasteiger partial charge in [0.05, 0.1) is 6.42 Å². The molecule has 0 unspecified atom stereocenters. The lowest BCUT2D eigenvalue weighted by Crippen LogP contribution is -2.19. The second-order valence-corrected chi connectivity index (χ2v) is 3.15. The van der Waals surface area contributed by atoms with E-state index in [9.17, 15) is 14.0 Å². The fourth-order valence-electron chi connectivity index (χ4n) is 1.02. The summed E-state index contributed by atoms with van der Waals surface area (Å²) in [5, 5.41) is 0. The Balaban J connectivity index is 2.33. The Morgan fingerprint density at radius 1 is 1.29 bits per heavy atom. The number of ether oxygens (including phenoxy) is 2. The number of esters is 2. The summed E-state index contributed by atoms with van der Waals surface area (Å²) in [7, 11) is 0. The molecular weight excluding hydrogens is 227 g/mol. The van der Waals surface area contributed by atoms with Crippen molar-refractivity contribution in [1.82, 2.24) is 0 Å². The number of carbonyl (C=O) groups is 2. The van der Waals surface area contributed by atoms with E-state index in [1.165, 1.54) is 30.7 Å². The van der Waals surface area contributed by atoms with Gasteiger partial charge in [-0.1, -0.05) is 6.92 Å². The largest absolute Gasteiger partial charge is 0.482 e. The van der Waals surface area contributed by atoms with Crippen LogP contribution in [-0.4, -0.2) is 18.5 Å². The van der Waals surface area contributed by atoms with Gasteiger partial charge in [0.2, 0.25) is 0 Å². The summed E-state index contributed by atoms with van der Waals surface area (Å²) in [6, 6.07) is 5.17. The van der Waals surface area contributed by atoms with Gasteiger partial charge in [-0.3, -0.25) is 4.79 Å². The number of rotatable bonds is 5. The van der Waals surface area contributed by atoms with Gasteiger partial charge in [0.25, 0.3) is 0 Å². The van der Waals surface area contributed by atoms with Crippen molar-refractivity contribution in [3.8, 4) is 5.75 Å². The molecule has 0 atom stereocenters. The molecule has 0 N–H and O–H groups in total. The molecule has 0 aliphatic heterocycles. The van der Waals surface area contributed by atoms with Gasteiger partial charge < -0.3 is 9.47 Å². The van der Waals surface area contributed by atoms with Crippen molar-refractivity contribution in [3.63, 3.8) is 0 Å². The number of benzene rings is 1. The molecular formula is C12H12FO4. The van der Waals surface area contributed by atoms with Crippen molar-refractivity contribution in [2.75, 3.05) is 6.61 Å². The number of hydrogen-bond acceptors (Lipinski definition) is 4. The lowest BCUT2D eigenvalue weighted by Gasteiger charge is -2.05. The Bertz CT molecular complexity index is 386. The topological polar surface area (TPSA) is 52.6 Å². The minimum absolute atomic E-state index is 0.329. The average Bonchev–Trinajstić information content (AvgIpc) is 2.28. The first kappa shape index (κ1) is 13.2. The summed E-state index contributed by atoms with van der Waals surface area (Å²) in [5.41, 5.74) is 0. The highest BCUT2D eigenvalue weighted by Gasteiger charge is 2.10. The number of halogens is 1. The lowest BCUT2D eigenvalue weighted by molar-refractivity contribution is -0.158. The van der Waals surface area contributed by atoms with E-state index in [4.69, 9.17) is 4.74 Å². The molecule has 0 heterocycles. The average molecular weight is 239 g/mol. The molecule has 1 aromatic rings. The summed E-state index contributed by atoms with van der Waals surface area (Å²) in [5.74, 6) is -1.55. The molecule has 0 aliphatic rings. The molecule has 0 saturated heterocycles. The van der Waals surface area contributed by atoms with E-state index in [-0.39, 0.29) is 0 Å². The van der Waals surface area contributed by atoms with Crippen LogP contribution in [-0.2, 0) is 14.3 Å². The predicted molar refractivity (Wildman–Crippen MR) is 57.6 cm³/mol. The van der Waals surface area contributed by atoms with E-state index in [2.05, 4.69) is 4.74 Å². The van der Waals surface area contributed by atoms with E-state index in [0.29, 0.717) is 12.2 Å². The Labute approximate surface area is 98.3 Å². The third kappa shape index (κ3) is 5.10. The third-order valence-corrected chi connectivity index (χ3v) is 1.76. The maximum atomic E-state index is 12.5. The zero-order chi connectivity index (χ0) is 12.7. The van der Waals surface area contributed by atoms with Gasteiger partial charge in [-0.25, -0.2) is 9.18 Å². The quantitative estimate of drug-likeness (QED) is 0.581. The Morgan fingerprint density at radius 3 is 2.53 bits per heavy atom. The standard InChI is InChI=1S/C12H12FO4/c1-2-3-11(14)17-12(15)8-16-10-6-4-9(13)5-7-10/h3-7H,2,8H2,1H3. The van der Waals surface area contributed by atoms with Crippen LogP contribution < -0.4 is 4.74 Å². The molecule has 0 amide bonds. The monoisotopic (exact) mass is 239 g/mol. The van der Waals surface area contributed by atoms with E-state index >= 15 is 0 Å². The van der Waals surface area contributed by atoms with Crippen LogP contribution in [0.1, 0.15) is 13.3 Å². The smallest absolute Gasteiger partial charge is 0.351 e. The van der Waals surface area contributed by atoms with Crippen LogP contribution in [0.4, 0.5) is 4.39 Å². The van der Waals surface area contributed by atoms with Crippen LogP contribution >= 0.6 is 0 Å². The first-order chi connectivity index (χ1) is 8.11. The molecule has 0 bridgehead atoms. The second-order valence-electron chi connectivity index (χ2n) is 3.15. The molecule has 0 spiro atoms. The second kappa shape index (κ2) is 6.62. The highest BCUT2D eigenvalue weighted by Crippen LogP contribution is 2.10. The van der Waals surface area contributed by atoms with Crippen molar-refractivity contribution in [2.24, 2.45) is 0 Å². The van der Waals surface area contributed by atoms with Crippen molar-refractivity contribution in [2.45, 2.75) is 13.3 Å². The molecule has 17 heavy (non-hydrogen) atoms. The van der Waals surface area contributed by atoms with Crippen molar-refractivity contribution >= 4 is 11.9 Å². The van der Waals surface area contributed by atoms with Gasteiger partial charge in [0.15, 0.2) is 6.61 Å². The van der Waals surface area contributed by atoms with Gasteiger partial charge in [0.1, 0.15) is 11.6 Å². The maximum Gasteiger partial charge on any atom is 0.351 e. The van der Waals surface area contributed by atoms with Crippen LogP contribution in [0.15, 0.2) is 24.3 Å². The molecule has 1 radical (unpaired) electrons. The summed E-state index contributed by atoms with van der Waals surface area (Å²) < 4.78 is 21.9. The molecule has 5 heteroatoms. The highest BCUT2D eigenvalue weighted by molar-refractivity contribution is 5.90. The van der Waals surface area contributed by atoms with Crippen LogP contribution in [0.5, 0.6) is 5.75 Å². The minimum Gasteiger partial charge on any atom is -0.482 e. The van der Waals surface area contributed by atoms with Crippen LogP contribution in [0.25, 0.3) is 0 Å². The van der Waals surface area contributed by atoms with Crippen molar-refractivity contribution < 1.29 is 23.5 Å². The normalized spacial score (nSPS) is 9.76. The van der Waals surface area contributed by atoms with Crippen molar-refractivity contribution in [3.05, 3.63) is 36.5 Å². The van der Waals surface area contributed by atoms with Gasteiger partial charge in [0, 0.05) is 0 Å². The first-order valence-corrected chi connectivity index (χ1v) is 5.08. The molecule has 1 rings (SSSR count). The van der Waals surface area contributed by atoms with Gasteiger partial charge in [-0.05, 0) is 30.7 Å². The molecule has 4 nitrogen and oxygen atoms in total. The van der Waals surface area contributed by atoms with Gasteiger partial charge in [-0.15, -0.1) is 0 Å². The molecule has 1 aromatic carbocycles. The lowest BCUT2D eigenvalue weighted by atomic mass is 10.3. The van der Waals surface area contributed by atoms with Crippen LogP contribution in [0, 0.1) is 12.2 Å². The van der Waals surface area contributed by atoms with Crippen LogP contribution in [0.3, 0.4) is 0 Å². The molecule has 0 saturated carbocycles. The Hall–Kier alpha value is -1.91. The molecule has 91 valence electrons. The summed E-state index contributed by atoms with van der Waals surface area (Å²) in [6.07, 6.45) is 1.74. The predicted octanol–water partition coefficient (Wildman–Crippen LogP) is 1.89. The first-order valence-electron chi connectivity index (χ1n) is 5.08. The summed E-state index contributed by atoms with van der Waals surface area (Å²) in [4.78, 5) is 22.0. The molecule has 0 fully saturated rings. The SMILES string of the molecule is CC[CH]C(=O)OC(=O)COc1ccc(F)cc1. The van der Waals surface area contributed by atoms with E-state index < -0.39 is 24.4 Å². The van der Waals surface area contributed by atoms with Crippen molar-refractivity contribution in [1.29, 1.82) is 0 Å².